The highest BCUT2D eigenvalue weighted by Crippen LogP contribution is 2.14. The lowest BCUT2D eigenvalue weighted by Gasteiger charge is -2.06. The van der Waals surface area contributed by atoms with Gasteiger partial charge in [-0.3, -0.25) is 9.09 Å². The van der Waals surface area contributed by atoms with Gasteiger partial charge in [0, 0.05) is 6.42 Å². The molecule has 0 saturated heterocycles. The number of hydrogen-bond donors (Lipinski definition) is 0. The predicted octanol–water partition coefficient (Wildman–Crippen LogP) is 2.97. The van der Waals surface area contributed by atoms with Crippen molar-refractivity contribution in [3.8, 4) is 0 Å². The van der Waals surface area contributed by atoms with Crippen molar-refractivity contribution < 1.29 is 8.91 Å². The molecule has 23 heavy (non-hydrogen) atoms. The summed E-state index contributed by atoms with van der Waals surface area (Å²) in [4.78, 5) is 16.1. The molecule has 0 bridgehead atoms. The van der Waals surface area contributed by atoms with E-state index >= 15 is 0 Å². The summed E-state index contributed by atoms with van der Waals surface area (Å²) >= 11 is 6.01. The van der Waals surface area contributed by atoms with Crippen molar-refractivity contribution in [2.45, 2.75) is 19.9 Å². The molecule has 0 radical (unpaired) electrons. The van der Waals surface area contributed by atoms with E-state index in [2.05, 4.69) is 10.1 Å². The highest BCUT2D eigenvalue weighted by atomic mass is 35.5. The molecule has 1 aromatic carbocycles. The van der Waals surface area contributed by atoms with Crippen molar-refractivity contribution in [1.82, 2.24) is 14.7 Å². The third kappa shape index (κ3) is 3.48. The average Bonchev–Trinajstić information content (AvgIpc) is 2.86. The summed E-state index contributed by atoms with van der Waals surface area (Å²) in [7, 11) is 0. The first kappa shape index (κ1) is 15.4. The Kier molecular flexibility index (Phi) is 4.25. The van der Waals surface area contributed by atoms with Gasteiger partial charge in [-0.1, -0.05) is 35.0 Å². The van der Waals surface area contributed by atoms with Crippen molar-refractivity contribution in [2.24, 2.45) is 0 Å². The van der Waals surface area contributed by atoms with Crippen LogP contribution in [0.25, 0.3) is 0 Å². The lowest BCUT2D eigenvalue weighted by atomic mass is 10.1. The molecule has 0 aliphatic heterocycles. The first-order valence-corrected chi connectivity index (χ1v) is 7.32. The molecule has 0 spiro atoms. The van der Waals surface area contributed by atoms with Crippen LogP contribution < -0.4 is 5.76 Å². The zero-order chi connectivity index (χ0) is 16.4. The molecule has 0 aliphatic carbocycles. The van der Waals surface area contributed by atoms with Gasteiger partial charge in [-0.25, -0.2) is 14.2 Å². The van der Waals surface area contributed by atoms with Crippen molar-refractivity contribution in [1.29, 1.82) is 0 Å². The molecule has 0 aliphatic rings. The molecule has 0 atom stereocenters. The third-order valence-electron chi connectivity index (χ3n) is 3.45. The fraction of sp³-hybridized carbons (Fsp3) is 0.188. The molecule has 0 fully saturated rings. The number of hydrogen-bond acceptors (Lipinski definition) is 4. The maximum absolute atomic E-state index is 13.0. The van der Waals surface area contributed by atoms with Crippen molar-refractivity contribution in [2.75, 3.05) is 0 Å². The maximum Gasteiger partial charge on any atom is 0.441 e. The van der Waals surface area contributed by atoms with E-state index in [1.807, 2.05) is 13.0 Å². The fourth-order valence-electron chi connectivity index (χ4n) is 2.16. The van der Waals surface area contributed by atoms with Crippen LogP contribution in [-0.2, 0) is 13.0 Å². The van der Waals surface area contributed by atoms with Crippen molar-refractivity contribution in [3.05, 3.63) is 80.6 Å². The molecule has 0 N–H and O–H groups in total. The van der Waals surface area contributed by atoms with Crippen LogP contribution in [-0.4, -0.2) is 14.7 Å². The number of aryl methyl sites for hydroxylation is 1. The minimum absolute atomic E-state index is 0.207. The van der Waals surface area contributed by atoms with Crippen LogP contribution in [0.3, 0.4) is 0 Å². The van der Waals surface area contributed by atoms with E-state index in [9.17, 15) is 9.18 Å². The molecular formula is C16H13ClFN3O2. The highest BCUT2D eigenvalue weighted by molar-refractivity contribution is 6.30. The zero-order valence-corrected chi connectivity index (χ0v) is 13.0. The predicted molar refractivity (Wildman–Crippen MR) is 83.1 cm³/mol. The first-order valence-electron chi connectivity index (χ1n) is 6.95. The Morgan fingerprint density at radius 3 is 2.65 bits per heavy atom. The Balaban J connectivity index is 1.87. The molecule has 3 aromatic rings. The third-order valence-corrected chi connectivity index (χ3v) is 3.83. The van der Waals surface area contributed by atoms with Gasteiger partial charge >= 0.3 is 5.76 Å². The summed E-state index contributed by atoms with van der Waals surface area (Å²) in [6.45, 7) is 2.06. The van der Waals surface area contributed by atoms with E-state index in [-0.39, 0.29) is 12.4 Å². The summed E-state index contributed by atoms with van der Waals surface area (Å²) in [5.41, 5.74) is 2.31. The van der Waals surface area contributed by atoms with Crippen LogP contribution >= 0.6 is 11.6 Å². The van der Waals surface area contributed by atoms with Crippen LogP contribution in [0.4, 0.5) is 4.39 Å². The van der Waals surface area contributed by atoms with Gasteiger partial charge in [-0.2, -0.15) is 0 Å². The van der Waals surface area contributed by atoms with Crippen LogP contribution in [0.15, 0.2) is 45.7 Å². The van der Waals surface area contributed by atoms with Crippen molar-refractivity contribution in [3.63, 3.8) is 0 Å². The number of rotatable bonds is 4. The Hall–Kier alpha value is -2.47. The average molecular weight is 334 g/mol. The number of benzene rings is 1. The van der Waals surface area contributed by atoms with Crippen molar-refractivity contribution >= 4 is 11.6 Å². The van der Waals surface area contributed by atoms with Gasteiger partial charge in [0.15, 0.2) is 5.82 Å². The highest BCUT2D eigenvalue weighted by Gasteiger charge is 2.13. The van der Waals surface area contributed by atoms with E-state index < -0.39 is 5.76 Å². The molecule has 5 nitrogen and oxygen atoms in total. The Morgan fingerprint density at radius 1 is 1.22 bits per heavy atom. The quantitative estimate of drug-likeness (QED) is 0.689. The Morgan fingerprint density at radius 2 is 1.96 bits per heavy atom. The Bertz CT molecular complexity index is 887. The number of pyridine rings is 1. The lowest BCUT2D eigenvalue weighted by molar-refractivity contribution is 0.375. The van der Waals surface area contributed by atoms with E-state index in [1.165, 1.54) is 16.7 Å². The van der Waals surface area contributed by atoms with Gasteiger partial charge < -0.3 is 0 Å². The van der Waals surface area contributed by atoms with Gasteiger partial charge in [0.1, 0.15) is 11.0 Å². The lowest BCUT2D eigenvalue weighted by Crippen LogP contribution is -2.19. The molecule has 3 rings (SSSR count). The molecule has 0 amide bonds. The normalized spacial score (nSPS) is 10.9. The maximum atomic E-state index is 13.0. The zero-order valence-electron chi connectivity index (χ0n) is 12.3. The summed E-state index contributed by atoms with van der Waals surface area (Å²) in [5, 5.41) is 4.19. The fourth-order valence-corrected chi connectivity index (χ4v) is 2.33. The molecular weight excluding hydrogens is 321 g/mol. The second kappa shape index (κ2) is 6.34. The molecule has 7 heteroatoms. The largest absolute Gasteiger partial charge is 0.441 e. The standard InChI is InChI=1S/C16H13ClFN3O2/c1-10-2-7-13(19-15(10)17)9-21-14(20-23-16(21)22)8-11-3-5-12(18)6-4-11/h2-7H,8-9H2,1H3. The summed E-state index contributed by atoms with van der Waals surface area (Å²) < 4.78 is 19.1. The molecule has 0 saturated carbocycles. The minimum Gasteiger partial charge on any atom is -0.296 e. The SMILES string of the molecule is Cc1ccc(Cn2c(Cc3ccc(F)cc3)noc2=O)nc1Cl. The molecule has 2 heterocycles. The van der Waals surface area contributed by atoms with Gasteiger partial charge in [0.25, 0.3) is 0 Å². The van der Waals surface area contributed by atoms with Gasteiger partial charge in [0.2, 0.25) is 0 Å². The number of aromatic nitrogens is 3. The van der Waals surface area contributed by atoms with Gasteiger partial charge in [-0.15, -0.1) is 0 Å². The van der Waals surface area contributed by atoms with E-state index in [0.29, 0.717) is 23.1 Å². The molecule has 0 unspecified atom stereocenters. The smallest absolute Gasteiger partial charge is 0.296 e. The van der Waals surface area contributed by atoms with E-state index in [4.69, 9.17) is 16.1 Å². The monoisotopic (exact) mass is 333 g/mol. The van der Waals surface area contributed by atoms with Gasteiger partial charge in [-0.05, 0) is 36.2 Å². The van der Waals surface area contributed by atoms with Crippen LogP contribution in [0.2, 0.25) is 5.15 Å². The topological polar surface area (TPSA) is 60.9 Å². The molecule has 118 valence electrons. The number of nitrogens with zero attached hydrogens (tertiary/aromatic N) is 3. The molecule has 2 aromatic heterocycles. The van der Waals surface area contributed by atoms with E-state index in [0.717, 1.165) is 11.1 Å². The van der Waals surface area contributed by atoms with Crippen LogP contribution in [0.5, 0.6) is 0 Å². The summed E-state index contributed by atoms with van der Waals surface area (Å²) in [5.74, 6) is -0.439. The first-order chi connectivity index (χ1) is 11.0. The van der Waals surface area contributed by atoms with E-state index in [1.54, 1.807) is 18.2 Å². The number of halogens is 2. The minimum atomic E-state index is -0.569. The second-order valence-corrected chi connectivity index (χ2v) is 5.52. The summed E-state index contributed by atoms with van der Waals surface area (Å²) in [6, 6.07) is 9.63. The second-order valence-electron chi connectivity index (χ2n) is 5.16. The summed E-state index contributed by atoms with van der Waals surface area (Å²) in [6.07, 6.45) is 0.353. The van der Waals surface area contributed by atoms with Gasteiger partial charge in [0.05, 0.1) is 12.2 Å². The van der Waals surface area contributed by atoms with Crippen LogP contribution in [0.1, 0.15) is 22.6 Å². The van der Waals surface area contributed by atoms with Crippen LogP contribution in [0, 0.1) is 12.7 Å². The Labute approximate surface area is 136 Å².